The molecule has 0 saturated heterocycles. The number of methoxy groups -OCH3 is 1. The van der Waals surface area contributed by atoms with Crippen molar-refractivity contribution in [2.45, 2.75) is 288 Å². The molecule has 2 aromatic carbocycles. The van der Waals surface area contributed by atoms with E-state index in [0.29, 0.717) is 78.0 Å². The van der Waals surface area contributed by atoms with Crippen molar-refractivity contribution in [3.63, 3.8) is 0 Å². The molecule has 662 valence electrons. The minimum atomic E-state index is -0.500. The predicted octanol–water partition coefficient (Wildman–Crippen LogP) is 22.9. The van der Waals surface area contributed by atoms with E-state index in [2.05, 4.69) is 203 Å². The van der Waals surface area contributed by atoms with Crippen molar-refractivity contribution in [1.82, 2.24) is 40.0 Å². The van der Waals surface area contributed by atoms with Gasteiger partial charge >= 0.3 is 12.1 Å². The van der Waals surface area contributed by atoms with Crippen molar-refractivity contribution in [2.24, 2.45) is 75.8 Å². The molecule has 1 aliphatic heterocycles. The van der Waals surface area contributed by atoms with Crippen LogP contribution in [0.5, 0.6) is 0 Å². The van der Waals surface area contributed by atoms with Crippen LogP contribution in [0, 0.1) is 65.1 Å². The predicted molar refractivity (Wildman–Crippen MR) is 498 cm³/mol. The number of nitrogen functional groups attached to an aromatic ring is 1. The van der Waals surface area contributed by atoms with Crippen molar-refractivity contribution in [3.05, 3.63) is 180 Å². The number of hydrogen-bond acceptors (Lipinski definition) is 14. The summed E-state index contributed by atoms with van der Waals surface area (Å²) in [5.74, 6) is 8.07. The van der Waals surface area contributed by atoms with E-state index in [-0.39, 0.29) is 29.7 Å². The lowest BCUT2D eigenvalue weighted by molar-refractivity contribution is -0.130. The van der Waals surface area contributed by atoms with Crippen LogP contribution in [-0.2, 0) is 62.4 Å². The first-order valence-electron chi connectivity index (χ1n) is 42.9. The maximum absolute atomic E-state index is 11.6. The van der Waals surface area contributed by atoms with E-state index < -0.39 is 11.7 Å². The fourth-order valence-corrected chi connectivity index (χ4v) is 10.2. The van der Waals surface area contributed by atoms with Gasteiger partial charge in [0.2, 0.25) is 17.7 Å². The number of carbonyl (C=O) groups is 5. The minimum absolute atomic E-state index is 0.175. The van der Waals surface area contributed by atoms with Gasteiger partial charge in [-0.05, 0) is 236 Å². The third-order valence-electron chi connectivity index (χ3n) is 15.6. The van der Waals surface area contributed by atoms with E-state index in [4.69, 9.17) is 20.9 Å². The number of pyridine rings is 3. The van der Waals surface area contributed by atoms with E-state index >= 15 is 0 Å². The number of H-pyrrole nitrogens is 1. The van der Waals surface area contributed by atoms with Gasteiger partial charge in [-0.3, -0.25) is 34.7 Å². The summed E-state index contributed by atoms with van der Waals surface area (Å²) in [4.78, 5) is 83.0. The lowest BCUT2D eigenvalue weighted by Gasteiger charge is -2.19. The molecule has 19 heteroatoms. The highest BCUT2D eigenvalue weighted by Crippen LogP contribution is 2.18. The molecule has 0 fully saturated rings. The van der Waals surface area contributed by atoms with Crippen LogP contribution in [0.2, 0.25) is 0 Å². The van der Waals surface area contributed by atoms with Crippen LogP contribution in [-0.4, -0.2) is 124 Å². The van der Waals surface area contributed by atoms with E-state index in [0.717, 1.165) is 112 Å². The molecule has 0 bridgehead atoms. The Morgan fingerprint density at radius 3 is 1.47 bits per heavy atom. The van der Waals surface area contributed by atoms with Gasteiger partial charge in [-0.15, -0.1) is 0 Å². The quantitative estimate of drug-likeness (QED) is 0.0238. The fraction of sp³-hybridized carbons (Fsp3) is 0.612. The van der Waals surface area contributed by atoms with Gasteiger partial charge in [0.05, 0.1) is 19.0 Å². The number of nitrogens with one attached hydrogen (secondary N) is 3. The summed E-state index contributed by atoms with van der Waals surface area (Å²) in [6.07, 6.45) is 26.3. The largest absolute Gasteiger partial charge is 0.465 e. The number of benzene rings is 2. The molecule has 0 unspecified atom stereocenters. The second-order valence-electron chi connectivity index (χ2n) is 36.0. The summed E-state index contributed by atoms with van der Waals surface area (Å²) in [7, 11) is 8.56. The smallest absolute Gasteiger partial charge is 0.413 e. The summed E-state index contributed by atoms with van der Waals surface area (Å²) < 4.78 is 9.89. The minimum Gasteiger partial charge on any atom is -0.465 e. The number of aromatic nitrogens is 5. The lowest BCUT2D eigenvalue weighted by Crippen LogP contribution is -2.29. The zero-order valence-corrected chi connectivity index (χ0v) is 79.5. The molecular formula is C98H168N12O7. The number of rotatable bonds is 27. The number of carbonyl (C=O) groups excluding carboxylic acids is 5. The van der Waals surface area contributed by atoms with Crippen molar-refractivity contribution < 1.29 is 33.4 Å². The molecule has 4 aromatic heterocycles. The number of allylic oxidation sites excluding steroid dienone is 1. The standard InChI is InChI=1S/C14H22N2O2.C12H16O2.C10H15N.C9H19NO.2C9H13N.C8H17NO.C8H13N.C7H12N2.C7H15NO.C5H13N/c1-10(2)9-11-7-6-8-12(15-11)16-13(17)18-14(3,4)5;1-9(2)8-10-6-4-5-7-11(10)12(13)14-3;1-8(2)6-9-4-3-5-10(11)7-9;1-7(2)5-6-9(11)10-8(3)4;1-8(2)6-9-4-3-5-10-7-9;1-8(2)7-9-5-3-4-6-10-9;1-7(2)5-6-8(10)9(3)4;1-7(2)6-8-4-3-5-9-8;1-6(2)3-7-4-8-5-9-7;1-6(2)5-7(9)8(3)4;1-5(2)3-4-6/h6-8,10H,9H2,1-5H3,(H,15,16,17);4-7,9H,8H2,1-3H3;3-5,7-8H,6,11H2,1-2H3;7-8H,5-6H2,1-4H3,(H,10,11);3-5,7-8H,6H2,1-2H3;3-6,8H,7H2,1-2H3;7H,5-6H2,1-4H3;3,5,7H,4,6H2,1-2H3;4-6H,3H2,1-2H3,(H,8,9);6H,5H2,1-4H3;5H,3-4,6H2,1-2H3. The van der Waals surface area contributed by atoms with Crippen molar-refractivity contribution in [1.29, 1.82) is 0 Å². The second-order valence-corrected chi connectivity index (χ2v) is 36.0. The molecule has 0 radical (unpaired) electrons. The van der Waals surface area contributed by atoms with Gasteiger partial charge in [0, 0.05) is 119 Å². The molecule has 0 atom stereocenters. The Bertz CT molecular complexity index is 3440. The molecule has 1 aliphatic rings. The number of hydrogen-bond donors (Lipinski definition) is 5. The molecule has 0 aliphatic carbocycles. The second kappa shape index (κ2) is 69.4. The summed E-state index contributed by atoms with van der Waals surface area (Å²) >= 11 is 0. The van der Waals surface area contributed by atoms with E-state index in [1.807, 2.05) is 152 Å². The van der Waals surface area contributed by atoms with Gasteiger partial charge in [0.15, 0.2) is 0 Å². The zero-order chi connectivity index (χ0) is 90.2. The molecule has 19 nitrogen and oxygen atoms in total. The van der Waals surface area contributed by atoms with Gasteiger partial charge in [0.1, 0.15) is 11.4 Å². The van der Waals surface area contributed by atoms with Gasteiger partial charge in [-0.25, -0.2) is 19.6 Å². The molecule has 117 heavy (non-hydrogen) atoms. The Morgan fingerprint density at radius 1 is 0.521 bits per heavy atom. The number of imidazole rings is 1. The van der Waals surface area contributed by atoms with Crippen molar-refractivity contribution >= 4 is 47.0 Å². The number of amides is 4. The fourth-order valence-electron chi connectivity index (χ4n) is 10.2. The molecule has 7 rings (SSSR count). The van der Waals surface area contributed by atoms with E-state index in [1.54, 1.807) is 50.4 Å². The van der Waals surface area contributed by atoms with Crippen molar-refractivity contribution in [2.75, 3.05) is 52.9 Å². The van der Waals surface area contributed by atoms with Crippen LogP contribution in [0.25, 0.3) is 0 Å². The summed E-state index contributed by atoms with van der Waals surface area (Å²) in [6, 6.07) is 31.7. The van der Waals surface area contributed by atoms with E-state index in [1.165, 1.54) is 35.3 Å². The first-order chi connectivity index (χ1) is 54.6. The number of esters is 1. The highest BCUT2D eigenvalue weighted by molar-refractivity contribution is 5.91. The van der Waals surface area contributed by atoms with Gasteiger partial charge < -0.3 is 41.0 Å². The first-order valence-corrected chi connectivity index (χ1v) is 42.9. The van der Waals surface area contributed by atoms with Crippen LogP contribution < -0.4 is 22.1 Å². The van der Waals surface area contributed by atoms with Gasteiger partial charge in [-0.2, -0.15) is 0 Å². The van der Waals surface area contributed by atoms with Crippen LogP contribution in [0.15, 0.2) is 145 Å². The summed E-state index contributed by atoms with van der Waals surface area (Å²) in [6.45, 7) is 57.9. The Hall–Kier alpha value is -8.58. The summed E-state index contributed by atoms with van der Waals surface area (Å²) in [5.41, 5.74) is 20.4. The zero-order valence-electron chi connectivity index (χ0n) is 79.5. The Labute approximate surface area is 713 Å². The van der Waals surface area contributed by atoms with E-state index in [9.17, 15) is 24.0 Å². The van der Waals surface area contributed by atoms with Crippen LogP contribution in [0.1, 0.15) is 282 Å². The lowest BCUT2D eigenvalue weighted by atomic mass is 9.98. The van der Waals surface area contributed by atoms with Gasteiger partial charge in [-0.1, -0.05) is 207 Å². The third-order valence-corrected chi connectivity index (χ3v) is 15.6. The molecule has 0 saturated carbocycles. The monoisotopic (exact) mass is 1630 g/mol. The van der Waals surface area contributed by atoms with Gasteiger partial charge in [0.25, 0.3) is 0 Å². The number of nitrogens with two attached hydrogens (primary N) is 2. The maximum Gasteiger partial charge on any atom is 0.413 e. The highest BCUT2D eigenvalue weighted by Gasteiger charge is 2.17. The molecule has 4 amide bonds. The first kappa shape index (κ1) is 115. The Morgan fingerprint density at radius 2 is 1.04 bits per heavy atom. The van der Waals surface area contributed by atoms with Crippen LogP contribution in [0.4, 0.5) is 16.3 Å². The number of aliphatic imine (C=N–C) groups is 1. The third kappa shape index (κ3) is 77.1. The maximum atomic E-state index is 11.6. The molecule has 7 N–H and O–H groups in total. The number of anilines is 2. The number of ether oxygens (including phenoxy) is 2. The molecule has 0 spiro atoms. The normalized spacial score (nSPS) is 11.0. The molecular weight excluding hydrogens is 1460 g/mol. The Kier molecular flexibility index (Phi) is 68.0. The average molecular weight is 1630 g/mol. The number of aromatic amines is 1. The van der Waals surface area contributed by atoms with Crippen molar-refractivity contribution in [3.8, 4) is 0 Å². The summed E-state index contributed by atoms with van der Waals surface area (Å²) in [5, 5.41) is 5.50. The topological polar surface area (TPSA) is 266 Å². The average Bonchev–Trinajstić information content (AvgIpc) is 1.54. The van der Waals surface area contributed by atoms with Crippen LogP contribution >= 0.6 is 0 Å². The molecule has 5 heterocycles. The number of nitrogens with zero attached hydrogens (tertiary/aromatic N) is 7. The SMILES string of the molecule is CC(C)CC(=O)N(C)C.CC(C)CC1=NC=CC1.CC(C)CCC(=O)N(C)C.CC(C)CCC(=O)NC(C)C.CC(C)CCN.CC(C)Cc1cccc(N)c1.CC(C)Cc1cccc(NC(=O)OC(C)(C)C)n1.CC(C)Cc1ccccn1.CC(C)Cc1cccnc1.CC(C)Cc1cnc[nH]1.COC(=O)c1ccccc1CC(C)C. The molecule has 6 aromatic rings. The van der Waals surface area contributed by atoms with Crippen LogP contribution in [0.3, 0.4) is 0 Å². The highest BCUT2D eigenvalue weighted by atomic mass is 16.6. The Balaban J connectivity index is -0.000000606.